The van der Waals surface area contributed by atoms with Crippen LogP contribution in [0.15, 0.2) is 23.8 Å². The van der Waals surface area contributed by atoms with Gasteiger partial charge >= 0.3 is 0 Å². The second-order valence-electron chi connectivity index (χ2n) is 5.27. The molecular weight excluding hydrogens is 242 g/mol. The van der Waals surface area contributed by atoms with E-state index >= 15 is 0 Å². The summed E-state index contributed by atoms with van der Waals surface area (Å²) in [5, 5.41) is 0.837. The standard InChI is InChI=1S/C16H22ClN/c1-12-7-8-13(10-16(12)17)9-15(11-18)14-5-3-2-4-6-14/h7-10,14H,2-6,11,18H2,1H3/b15-9-. The van der Waals surface area contributed by atoms with Crippen LogP contribution in [0, 0.1) is 12.8 Å². The van der Waals surface area contributed by atoms with Crippen LogP contribution in [0.25, 0.3) is 6.08 Å². The first kappa shape index (κ1) is 13.6. The first-order valence-electron chi connectivity index (χ1n) is 6.87. The molecule has 1 nitrogen and oxygen atoms in total. The highest BCUT2D eigenvalue weighted by Crippen LogP contribution is 2.30. The Balaban J connectivity index is 2.19. The average molecular weight is 264 g/mol. The van der Waals surface area contributed by atoms with Crippen LogP contribution in [-0.2, 0) is 0 Å². The summed E-state index contributed by atoms with van der Waals surface area (Å²) in [5.74, 6) is 0.684. The summed E-state index contributed by atoms with van der Waals surface area (Å²) >= 11 is 6.17. The maximum absolute atomic E-state index is 6.17. The van der Waals surface area contributed by atoms with Crippen LogP contribution in [0.4, 0.5) is 0 Å². The molecule has 1 saturated carbocycles. The predicted molar refractivity (Wildman–Crippen MR) is 79.8 cm³/mol. The van der Waals surface area contributed by atoms with Gasteiger partial charge in [0.25, 0.3) is 0 Å². The maximum Gasteiger partial charge on any atom is 0.0441 e. The summed E-state index contributed by atoms with van der Waals surface area (Å²) in [7, 11) is 0. The van der Waals surface area contributed by atoms with Gasteiger partial charge in [0.1, 0.15) is 0 Å². The van der Waals surface area contributed by atoms with Crippen molar-refractivity contribution in [2.75, 3.05) is 6.54 Å². The van der Waals surface area contributed by atoms with Gasteiger partial charge < -0.3 is 5.73 Å². The molecule has 0 bridgehead atoms. The van der Waals surface area contributed by atoms with E-state index in [1.165, 1.54) is 43.2 Å². The van der Waals surface area contributed by atoms with Gasteiger partial charge in [-0.3, -0.25) is 0 Å². The molecule has 18 heavy (non-hydrogen) atoms. The summed E-state index contributed by atoms with van der Waals surface area (Å²) in [4.78, 5) is 0. The highest BCUT2D eigenvalue weighted by atomic mass is 35.5. The van der Waals surface area contributed by atoms with Crippen molar-refractivity contribution in [1.29, 1.82) is 0 Å². The van der Waals surface area contributed by atoms with E-state index in [4.69, 9.17) is 17.3 Å². The van der Waals surface area contributed by atoms with E-state index in [9.17, 15) is 0 Å². The molecule has 0 amide bonds. The van der Waals surface area contributed by atoms with Crippen LogP contribution in [0.2, 0.25) is 5.02 Å². The molecule has 0 atom stereocenters. The zero-order valence-corrected chi connectivity index (χ0v) is 11.8. The monoisotopic (exact) mass is 263 g/mol. The van der Waals surface area contributed by atoms with Crippen molar-refractivity contribution in [2.24, 2.45) is 11.7 Å². The molecule has 1 fully saturated rings. The SMILES string of the molecule is Cc1ccc(/C=C(/CN)C2CCCCC2)cc1Cl. The van der Waals surface area contributed by atoms with Gasteiger partial charge in [-0.25, -0.2) is 0 Å². The smallest absolute Gasteiger partial charge is 0.0441 e. The van der Waals surface area contributed by atoms with Crippen molar-refractivity contribution in [1.82, 2.24) is 0 Å². The Kier molecular flexibility index (Phi) is 4.85. The Labute approximate surface area is 115 Å². The molecular formula is C16H22ClN. The van der Waals surface area contributed by atoms with Crippen LogP contribution in [0.5, 0.6) is 0 Å². The van der Waals surface area contributed by atoms with Gasteiger partial charge in [0, 0.05) is 11.6 Å². The largest absolute Gasteiger partial charge is 0.327 e. The lowest BCUT2D eigenvalue weighted by molar-refractivity contribution is 0.401. The topological polar surface area (TPSA) is 26.0 Å². The van der Waals surface area contributed by atoms with E-state index in [2.05, 4.69) is 18.2 Å². The van der Waals surface area contributed by atoms with E-state index in [0.717, 1.165) is 10.6 Å². The van der Waals surface area contributed by atoms with Gasteiger partial charge in [-0.1, -0.05) is 54.6 Å². The summed E-state index contributed by atoms with van der Waals surface area (Å²) < 4.78 is 0. The summed E-state index contributed by atoms with van der Waals surface area (Å²) in [6.07, 6.45) is 8.89. The van der Waals surface area contributed by atoms with Gasteiger partial charge in [0.2, 0.25) is 0 Å². The Hall–Kier alpha value is -0.790. The van der Waals surface area contributed by atoms with Crippen molar-refractivity contribution in [3.8, 4) is 0 Å². The van der Waals surface area contributed by atoms with E-state index < -0.39 is 0 Å². The fourth-order valence-electron chi connectivity index (χ4n) is 2.73. The lowest BCUT2D eigenvalue weighted by Gasteiger charge is -2.24. The van der Waals surface area contributed by atoms with Gasteiger partial charge in [-0.15, -0.1) is 0 Å². The highest BCUT2D eigenvalue weighted by Gasteiger charge is 2.16. The van der Waals surface area contributed by atoms with Crippen molar-refractivity contribution in [2.45, 2.75) is 39.0 Å². The fourth-order valence-corrected chi connectivity index (χ4v) is 2.92. The number of hydrogen-bond acceptors (Lipinski definition) is 1. The molecule has 1 aliphatic rings. The number of benzene rings is 1. The molecule has 98 valence electrons. The minimum Gasteiger partial charge on any atom is -0.327 e. The van der Waals surface area contributed by atoms with Gasteiger partial charge in [-0.2, -0.15) is 0 Å². The third-order valence-corrected chi connectivity index (χ3v) is 4.32. The highest BCUT2D eigenvalue weighted by molar-refractivity contribution is 6.31. The summed E-state index contributed by atoms with van der Waals surface area (Å²) in [6, 6.07) is 6.23. The first-order chi connectivity index (χ1) is 8.70. The number of rotatable bonds is 3. The normalized spacial score (nSPS) is 18.1. The van der Waals surface area contributed by atoms with Crippen molar-refractivity contribution < 1.29 is 0 Å². The fraction of sp³-hybridized carbons (Fsp3) is 0.500. The minimum absolute atomic E-state index is 0.663. The molecule has 0 heterocycles. The summed E-state index contributed by atoms with van der Waals surface area (Å²) in [6.45, 7) is 2.69. The zero-order valence-electron chi connectivity index (χ0n) is 11.1. The molecule has 1 aromatic carbocycles. The van der Waals surface area contributed by atoms with E-state index in [-0.39, 0.29) is 0 Å². The molecule has 0 saturated heterocycles. The van der Waals surface area contributed by atoms with Crippen LogP contribution in [0.3, 0.4) is 0 Å². The molecule has 2 heteroatoms. The number of nitrogens with two attached hydrogens (primary N) is 1. The number of halogens is 1. The van der Waals surface area contributed by atoms with Crippen LogP contribution < -0.4 is 5.73 Å². The zero-order chi connectivity index (χ0) is 13.0. The lowest BCUT2D eigenvalue weighted by Crippen LogP contribution is -2.16. The minimum atomic E-state index is 0.663. The maximum atomic E-state index is 6.17. The van der Waals surface area contributed by atoms with Crippen LogP contribution >= 0.6 is 11.6 Å². The van der Waals surface area contributed by atoms with Gasteiger partial charge in [0.15, 0.2) is 0 Å². The Morgan fingerprint density at radius 2 is 2.06 bits per heavy atom. The average Bonchev–Trinajstić information content (AvgIpc) is 2.41. The van der Waals surface area contributed by atoms with Crippen molar-refractivity contribution in [3.05, 3.63) is 39.9 Å². The first-order valence-corrected chi connectivity index (χ1v) is 7.25. The molecule has 2 N–H and O–H groups in total. The van der Waals surface area contributed by atoms with Crippen molar-refractivity contribution >= 4 is 17.7 Å². The second kappa shape index (κ2) is 6.40. The van der Waals surface area contributed by atoms with Gasteiger partial charge in [0.05, 0.1) is 0 Å². The third kappa shape index (κ3) is 3.37. The lowest BCUT2D eigenvalue weighted by atomic mass is 9.83. The molecule has 0 aromatic heterocycles. The molecule has 1 aromatic rings. The summed E-state index contributed by atoms with van der Waals surface area (Å²) in [5.41, 5.74) is 9.61. The number of aryl methyl sites for hydroxylation is 1. The molecule has 1 aliphatic carbocycles. The molecule has 2 rings (SSSR count). The molecule has 0 unspecified atom stereocenters. The van der Waals surface area contributed by atoms with Gasteiger partial charge in [-0.05, 0) is 42.9 Å². The molecule has 0 spiro atoms. The molecule has 0 radical (unpaired) electrons. The second-order valence-corrected chi connectivity index (χ2v) is 5.67. The van der Waals surface area contributed by atoms with Crippen LogP contribution in [-0.4, -0.2) is 6.54 Å². The Morgan fingerprint density at radius 3 is 2.67 bits per heavy atom. The van der Waals surface area contributed by atoms with Crippen LogP contribution in [0.1, 0.15) is 43.2 Å². The molecule has 0 aliphatic heterocycles. The quantitative estimate of drug-likeness (QED) is 0.849. The van der Waals surface area contributed by atoms with E-state index in [1.54, 1.807) is 0 Å². The number of hydrogen-bond donors (Lipinski definition) is 1. The predicted octanol–water partition coefficient (Wildman–Crippen LogP) is 4.57. The van der Waals surface area contributed by atoms with E-state index in [0.29, 0.717) is 12.5 Å². The Bertz CT molecular complexity index is 431. The van der Waals surface area contributed by atoms with Crippen molar-refractivity contribution in [3.63, 3.8) is 0 Å². The van der Waals surface area contributed by atoms with E-state index in [1.807, 2.05) is 13.0 Å². The Morgan fingerprint density at radius 1 is 1.33 bits per heavy atom. The third-order valence-electron chi connectivity index (χ3n) is 3.91.